The lowest BCUT2D eigenvalue weighted by atomic mass is 10.1. The molecule has 0 N–H and O–H groups in total. The Balaban J connectivity index is 1.19. The van der Waals surface area contributed by atoms with Gasteiger partial charge in [0.05, 0.1) is 35.4 Å². The minimum atomic E-state index is -3.77. The van der Waals surface area contributed by atoms with E-state index in [-0.39, 0.29) is 30.1 Å². The van der Waals surface area contributed by atoms with Crippen molar-refractivity contribution < 1.29 is 22.3 Å². The fourth-order valence-electron chi connectivity index (χ4n) is 4.74. The molecule has 4 aromatic rings. The summed E-state index contributed by atoms with van der Waals surface area (Å²) in [6, 6.07) is 15.0. The number of hydrogen-bond donors (Lipinski definition) is 0. The first-order valence-corrected chi connectivity index (χ1v) is 14.2. The van der Waals surface area contributed by atoms with Gasteiger partial charge in [-0.3, -0.25) is 0 Å². The second-order valence-electron chi connectivity index (χ2n) is 9.54. The average Bonchev–Trinajstić information content (AvgIpc) is 3.55. The van der Waals surface area contributed by atoms with Gasteiger partial charge in [-0.2, -0.15) is 0 Å². The molecule has 2 aliphatic rings. The van der Waals surface area contributed by atoms with E-state index >= 15 is 0 Å². The zero-order valence-electron chi connectivity index (χ0n) is 21.2. The lowest BCUT2D eigenvalue weighted by molar-refractivity contribution is 0.174. The van der Waals surface area contributed by atoms with Crippen LogP contribution < -0.4 is 9.47 Å². The normalized spacial score (nSPS) is 15.0. The van der Waals surface area contributed by atoms with Crippen LogP contribution in [0, 0.1) is 6.92 Å². The number of halogens is 1. The predicted octanol–water partition coefficient (Wildman–Crippen LogP) is 4.44. The molecule has 0 radical (unpaired) electrons. The van der Waals surface area contributed by atoms with Crippen molar-refractivity contribution in [3.05, 3.63) is 89.9 Å². The van der Waals surface area contributed by atoms with Crippen LogP contribution >= 0.6 is 0 Å². The second-order valence-corrected chi connectivity index (χ2v) is 11.5. The van der Waals surface area contributed by atoms with E-state index < -0.39 is 9.84 Å². The molecule has 0 amide bonds. The Kier molecular flexibility index (Phi) is 6.51. The summed E-state index contributed by atoms with van der Waals surface area (Å²) in [6.45, 7) is 2.90. The molecule has 0 aliphatic carbocycles. The number of aryl methyl sites for hydroxylation is 2. The van der Waals surface area contributed by atoms with Gasteiger partial charge in [0.1, 0.15) is 5.83 Å². The molecule has 4 heterocycles. The Morgan fingerprint density at radius 3 is 2.79 bits per heavy atom. The third-order valence-corrected chi connectivity index (χ3v) is 8.12. The number of fused-ring (bicyclic) bond motifs is 2. The molecule has 0 saturated heterocycles. The smallest absolute Gasteiger partial charge is 0.247 e. The molecule has 2 aromatic carbocycles. The molecule has 11 heteroatoms. The van der Waals surface area contributed by atoms with Gasteiger partial charge in [0.15, 0.2) is 11.5 Å². The highest BCUT2D eigenvalue weighted by molar-refractivity contribution is 7.91. The number of benzene rings is 2. The maximum atomic E-state index is 14.7. The van der Waals surface area contributed by atoms with Crippen LogP contribution in [0.4, 0.5) is 4.39 Å². The molecule has 0 atom stereocenters. The molecule has 2 aromatic heterocycles. The standard InChI is InChI=1S/C28H26FN5O4S/c1-19-11-24(21-13-22(29)16-33(15-21)14-20-7-8-26-27(12-20)38-18-37-26)32-28(31-19)39(35,36)10-4-9-34-17-30-23-5-2-3-6-25(23)34/h2-3,5-8,11-13,15,17H,4,9-10,14,16,18H2,1H3. The molecular formula is C28H26FN5O4S. The Bertz CT molecular complexity index is 1730. The van der Waals surface area contributed by atoms with Crippen LogP contribution in [0.15, 0.2) is 78.1 Å². The summed E-state index contributed by atoms with van der Waals surface area (Å²) in [5.41, 5.74) is 4.06. The van der Waals surface area contributed by atoms with Crippen LogP contribution in [0.2, 0.25) is 0 Å². The van der Waals surface area contributed by atoms with Gasteiger partial charge in [-0.25, -0.2) is 27.8 Å². The van der Waals surface area contributed by atoms with E-state index in [2.05, 4.69) is 15.0 Å². The van der Waals surface area contributed by atoms with Gasteiger partial charge in [-0.05, 0) is 55.3 Å². The van der Waals surface area contributed by atoms with Gasteiger partial charge in [-0.1, -0.05) is 18.2 Å². The number of aromatic nitrogens is 4. The van der Waals surface area contributed by atoms with E-state index in [9.17, 15) is 12.8 Å². The highest BCUT2D eigenvalue weighted by Gasteiger charge is 2.22. The van der Waals surface area contributed by atoms with E-state index in [0.717, 1.165) is 16.6 Å². The zero-order chi connectivity index (χ0) is 27.0. The first kappa shape index (κ1) is 25.1. The fourth-order valence-corrected chi connectivity index (χ4v) is 5.95. The van der Waals surface area contributed by atoms with Gasteiger partial charge in [-0.15, -0.1) is 0 Å². The van der Waals surface area contributed by atoms with Crippen molar-refractivity contribution in [2.24, 2.45) is 0 Å². The molecule has 6 rings (SSSR count). The Morgan fingerprint density at radius 2 is 1.90 bits per heavy atom. The summed E-state index contributed by atoms with van der Waals surface area (Å²) in [6.07, 6.45) is 5.26. The van der Waals surface area contributed by atoms with Crippen molar-refractivity contribution in [2.45, 2.75) is 31.6 Å². The lowest BCUT2D eigenvalue weighted by Gasteiger charge is -2.24. The minimum absolute atomic E-state index is 0.0933. The number of ether oxygens (including phenoxy) is 2. The highest BCUT2D eigenvalue weighted by atomic mass is 32.2. The second kappa shape index (κ2) is 10.1. The summed E-state index contributed by atoms with van der Waals surface area (Å²) in [7, 11) is -3.77. The predicted molar refractivity (Wildman–Crippen MR) is 143 cm³/mol. The van der Waals surface area contributed by atoms with E-state index in [1.54, 1.807) is 25.5 Å². The largest absolute Gasteiger partial charge is 0.454 e. The Hall–Kier alpha value is -4.25. The summed E-state index contributed by atoms with van der Waals surface area (Å²) < 4.78 is 53.8. The van der Waals surface area contributed by atoms with Gasteiger partial charge >= 0.3 is 0 Å². The third kappa shape index (κ3) is 5.35. The van der Waals surface area contributed by atoms with E-state index in [1.807, 2.05) is 51.9 Å². The fraction of sp³-hybridized carbons (Fsp3) is 0.250. The highest BCUT2D eigenvalue weighted by Crippen LogP contribution is 2.33. The van der Waals surface area contributed by atoms with Crippen molar-refractivity contribution in [3.8, 4) is 11.5 Å². The van der Waals surface area contributed by atoms with Crippen molar-refractivity contribution in [2.75, 3.05) is 19.1 Å². The quantitative estimate of drug-likeness (QED) is 0.299. The summed E-state index contributed by atoms with van der Waals surface area (Å²) in [4.78, 5) is 14.7. The Morgan fingerprint density at radius 1 is 1.05 bits per heavy atom. The zero-order valence-corrected chi connectivity index (χ0v) is 22.1. The number of para-hydroxylation sites is 2. The maximum Gasteiger partial charge on any atom is 0.247 e. The van der Waals surface area contributed by atoms with Crippen LogP contribution in [-0.4, -0.2) is 51.9 Å². The molecule has 200 valence electrons. The molecule has 2 aliphatic heterocycles. The molecular weight excluding hydrogens is 521 g/mol. The van der Waals surface area contributed by atoms with Crippen molar-refractivity contribution in [3.63, 3.8) is 0 Å². The Labute approximate surface area is 225 Å². The number of rotatable bonds is 8. The SMILES string of the molecule is Cc1cc(C2=CN(Cc3ccc4c(c3)OCO4)CC(F)=C2)nc(S(=O)(=O)CCCn2cnc3ccccc32)n1. The first-order chi connectivity index (χ1) is 18.8. The molecule has 0 unspecified atom stereocenters. The third-order valence-electron chi connectivity index (χ3n) is 6.56. The molecule has 39 heavy (non-hydrogen) atoms. The number of nitrogens with zero attached hydrogens (tertiary/aromatic N) is 5. The van der Waals surface area contributed by atoms with Crippen LogP contribution in [-0.2, 0) is 22.9 Å². The number of hydrogen-bond acceptors (Lipinski definition) is 8. The molecule has 9 nitrogen and oxygen atoms in total. The van der Waals surface area contributed by atoms with E-state index in [0.29, 0.717) is 48.0 Å². The van der Waals surface area contributed by atoms with E-state index in [1.165, 1.54) is 6.08 Å². The average molecular weight is 548 g/mol. The minimum Gasteiger partial charge on any atom is -0.454 e. The van der Waals surface area contributed by atoms with Gasteiger partial charge < -0.3 is 18.9 Å². The van der Waals surface area contributed by atoms with E-state index in [4.69, 9.17) is 9.47 Å². The van der Waals surface area contributed by atoms with Crippen molar-refractivity contribution in [1.82, 2.24) is 24.4 Å². The maximum absolute atomic E-state index is 14.7. The van der Waals surface area contributed by atoms with Gasteiger partial charge in [0.25, 0.3) is 0 Å². The van der Waals surface area contributed by atoms with Gasteiger partial charge in [0, 0.05) is 30.6 Å². The topological polar surface area (TPSA) is 99.4 Å². The molecule has 0 fully saturated rings. The number of sulfone groups is 1. The van der Waals surface area contributed by atoms with Crippen LogP contribution in [0.1, 0.15) is 23.4 Å². The monoisotopic (exact) mass is 547 g/mol. The summed E-state index contributed by atoms with van der Waals surface area (Å²) >= 11 is 0. The molecule has 0 spiro atoms. The van der Waals surface area contributed by atoms with Crippen molar-refractivity contribution in [1.29, 1.82) is 0 Å². The number of allylic oxidation sites excluding steroid dienone is 2. The molecule has 0 bridgehead atoms. The van der Waals surface area contributed by atoms with Gasteiger partial charge in [0.2, 0.25) is 21.8 Å². The summed E-state index contributed by atoms with van der Waals surface area (Å²) in [5.74, 6) is 0.874. The lowest BCUT2D eigenvalue weighted by Crippen LogP contribution is -2.22. The van der Waals surface area contributed by atoms with Crippen LogP contribution in [0.25, 0.3) is 16.6 Å². The first-order valence-electron chi connectivity index (χ1n) is 12.5. The van der Waals surface area contributed by atoms with Crippen molar-refractivity contribution >= 4 is 26.4 Å². The molecule has 0 saturated carbocycles. The number of imidazole rings is 1. The van der Waals surface area contributed by atoms with Crippen LogP contribution in [0.5, 0.6) is 11.5 Å². The van der Waals surface area contributed by atoms with Crippen LogP contribution in [0.3, 0.4) is 0 Å². The summed E-state index contributed by atoms with van der Waals surface area (Å²) in [5, 5.41) is -0.254.